The number of Topliss-reactive ketones (excluding diaryl/α,β-unsaturated/α-hetero) is 1. The van der Waals surface area contributed by atoms with Gasteiger partial charge in [-0.3, -0.25) is 14.4 Å². The van der Waals surface area contributed by atoms with Crippen LogP contribution in [0.4, 0.5) is 0 Å². The molecule has 6 heteroatoms. The van der Waals surface area contributed by atoms with Crippen molar-refractivity contribution in [1.82, 2.24) is 15.1 Å². The Bertz CT molecular complexity index is 980. The van der Waals surface area contributed by atoms with E-state index in [2.05, 4.69) is 23.5 Å². The van der Waals surface area contributed by atoms with Crippen molar-refractivity contribution in [1.29, 1.82) is 0 Å². The largest absolute Gasteiger partial charge is 0.341 e. The molecule has 1 aromatic rings. The molecule has 2 heterocycles. The lowest BCUT2D eigenvalue weighted by molar-refractivity contribution is -0.131. The summed E-state index contributed by atoms with van der Waals surface area (Å²) >= 11 is 0. The lowest BCUT2D eigenvalue weighted by Gasteiger charge is -2.41. The number of fused-ring (bicyclic) bond motifs is 1. The highest BCUT2D eigenvalue weighted by molar-refractivity contribution is 6.00. The van der Waals surface area contributed by atoms with Crippen LogP contribution in [-0.4, -0.2) is 65.7 Å². The number of benzene rings is 1. The van der Waals surface area contributed by atoms with Gasteiger partial charge in [0, 0.05) is 43.1 Å². The van der Waals surface area contributed by atoms with Gasteiger partial charge in [0.15, 0.2) is 5.78 Å². The number of likely N-dealkylation sites (tertiary alicyclic amines) is 1. The smallest absolute Gasteiger partial charge is 0.254 e. The lowest BCUT2D eigenvalue weighted by Crippen LogP contribution is -2.53. The van der Waals surface area contributed by atoms with Gasteiger partial charge in [0.05, 0.1) is 12.6 Å². The maximum atomic E-state index is 13.9. The quantitative estimate of drug-likeness (QED) is 0.586. The van der Waals surface area contributed by atoms with Gasteiger partial charge < -0.3 is 15.1 Å². The maximum Gasteiger partial charge on any atom is 0.254 e. The zero-order chi connectivity index (χ0) is 25.2. The molecule has 5 rings (SSSR count). The number of piperidine rings is 1. The third-order valence-electron chi connectivity index (χ3n) is 8.90. The third kappa shape index (κ3) is 5.53. The van der Waals surface area contributed by atoms with Gasteiger partial charge in [0.25, 0.3) is 5.91 Å². The Hall–Kier alpha value is -2.21. The zero-order valence-corrected chi connectivity index (χ0v) is 22.1. The Labute approximate surface area is 216 Å². The Kier molecular flexibility index (Phi) is 7.80. The van der Waals surface area contributed by atoms with Crippen LogP contribution in [0.2, 0.25) is 0 Å². The van der Waals surface area contributed by atoms with E-state index in [9.17, 15) is 14.4 Å². The van der Waals surface area contributed by atoms with E-state index < -0.39 is 0 Å². The number of carbonyl (C=O) groups excluding carboxylic acids is 3. The molecule has 2 saturated carbocycles. The van der Waals surface area contributed by atoms with E-state index in [1.165, 1.54) is 19.3 Å². The predicted molar refractivity (Wildman–Crippen MR) is 141 cm³/mol. The molecule has 1 N–H and O–H groups in total. The molecule has 3 fully saturated rings. The molecule has 36 heavy (non-hydrogen) atoms. The van der Waals surface area contributed by atoms with Crippen molar-refractivity contribution < 1.29 is 14.4 Å². The first-order valence-corrected chi connectivity index (χ1v) is 14.4. The molecule has 0 spiro atoms. The van der Waals surface area contributed by atoms with Crippen molar-refractivity contribution in [3.8, 4) is 0 Å². The van der Waals surface area contributed by atoms with Crippen LogP contribution >= 0.6 is 0 Å². The minimum Gasteiger partial charge on any atom is -0.341 e. The summed E-state index contributed by atoms with van der Waals surface area (Å²) in [6.45, 7) is 6.54. The number of nitrogens with one attached hydrogen (secondary N) is 1. The second kappa shape index (κ2) is 11.0. The summed E-state index contributed by atoms with van der Waals surface area (Å²) in [6, 6.07) is 6.61. The van der Waals surface area contributed by atoms with Gasteiger partial charge in [-0.25, -0.2) is 0 Å². The molecule has 2 atom stereocenters. The maximum absolute atomic E-state index is 13.9. The van der Waals surface area contributed by atoms with Crippen LogP contribution in [0.1, 0.15) is 99.0 Å². The number of hydrogen-bond acceptors (Lipinski definition) is 4. The number of nitrogens with zero attached hydrogens (tertiary/aromatic N) is 2. The number of rotatable bonds is 8. The van der Waals surface area contributed by atoms with Crippen molar-refractivity contribution in [3.63, 3.8) is 0 Å². The van der Waals surface area contributed by atoms with Gasteiger partial charge in [-0.05, 0) is 68.1 Å². The Balaban J connectivity index is 1.33. The molecule has 6 nitrogen and oxygen atoms in total. The van der Waals surface area contributed by atoms with E-state index in [4.69, 9.17) is 0 Å². The van der Waals surface area contributed by atoms with Crippen molar-refractivity contribution in [3.05, 3.63) is 34.9 Å². The third-order valence-corrected chi connectivity index (χ3v) is 8.90. The Morgan fingerprint density at radius 2 is 1.78 bits per heavy atom. The van der Waals surface area contributed by atoms with E-state index in [1.54, 1.807) is 0 Å². The van der Waals surface area contributed by atoms with Gasteiger partial charge in [0.1, 0.15) is 0 Å². The fourth-order valence-electron chi connectivity index (χ4n) is 6.57. The van der Waals surface area contributed by atoms with Gasteiger partial charge >= 0.3 is 0 Å². The van der Waals surface area contributed by atoms with Gasteiger partial charge in [-0.15, -0.1) is 0 Å². The summed E-state index contributed by atoms with van der Waals surface area (Å²) < 4.78 is 0. The molecule has 4 aliphatic rings. The van der Waals surface area contributed by atoms with Gasteiger partial charge in [-0.1, -0.05) is 45.2 Å². The topological polar surface area (TPSA) is 69.7 Å². The fraction of sp³-hybridized carbons (Fsp3) is 0.700. The number of hydrogen-bond donors (Lipinski definition) is 1. The molecule has 2 aliphatic heterocycles. The molecule has 0 aromatic heterocycles. The first-order valence-electron chi connectivity index (χ1n) is 14.4. The van der Waals surface area contributed by atoms with Crippen LogP contribution in [0.25, 0.3) is 0 Å². The van der Waals surface area contributed by atoms with Crippen LogP contribution in [0, 0.1) is 11.8 Å². The van der Waals surface area contributed by atoms with Crippen molar-refractivity contribution in [2.24, 2.45) is 11.8 Å². The summed E-state index contributed by atoms with van der Waals surface area (Å²) in [5.41, 5.74) is 3.02. The zero-order valence-electron chi connectivity index (χ0n) is 22.1. The molecule has 196 valence electrons. The molecule has 1 unspecified atom stereocenters. The van der Waals surface area contributed by atoms with E-state index in [-0.39, 0.29) is 41.4 Å². The molecule has 0 radical (unpaired) electrons. The van der Waals surface area contributed by atoms with Crippen molar-refractivity contribution in [2.75, 3.05) is 26.2 Å². The second-order valence-electron chi connectivity index (χ2n) is 11.9. The standard InChI is InChI=1S/C30H43N3O3/c1-20(2)29(35)28(22-7-4-3-5-8-22)33-16-14-21-10-11-23(17-26(21)30(33)36)24-9-6-15-32(19-24)27(34)18-31-25-12-13-25/h10-11,17,20,22,24-25,28,31H,3-9,12-16,18-19H2,1-2H3/t24?,28-/m1/s1. The number of carbonyl (C=O) groups is 3. The van der Waals surface area contributed by atoms with Crippen molar-refractivity contribution in [2.45, 2.75) is 96.1 Å². The summed E-state index contributed by atoms with van der Waals surface area (Å²) in [4.78, 5) is 43.9. The van der Waals surface area contributed by atoms with E-state index >= 15 is 0 Å². The molecular formula is C30H43N3O3. The first kappa shape index (κ1) is 25.4. The van der Waals surface area contributed by atoms with Crippen molar-refractivity contribution >= 4 is 17.6 Å². The van der Waals surface area contributed by atoms with E-state index in [0.29, 0.717) is 19.1 Å². The van der Waals surface area contributed by atoms with Crippen LogP contribution in [0.15, 0.2) is 18.2 Å². The highest BCUT2D eigenvalue weighted by atomic mass is 16.2. The highest BCUT2D eigenvalue weighted by Gasteiger charge is 2.40. The summed E-state index contributed by atoms with van der Waals surface area (Å²) in [6.07, 6.45) is 10.8. The molecule has 2 aliphatic carbocycles. The molecular weight excluding hydrogens is 450 g/mol. The molecule has 1 saturated heterocycles. The predicted octanol–water partition coefficient (Wildman–Crippen LogP) is 4.32. The van der Waals surface area contributed by atoms with Gasteiger partial charge in [0.2, 0.25) is 5.91 Å². The minimum atomic E-state index is -0.295. The number of ketones is 1. The van der Waals surface area contributed by atoms with Crippen LogP contribution in [-0.2, 0) is 16.0 Å². The minimum absolute atomic E-state index is 0.0278. The first-order chi connectivity index (χ1) is 17.4. The van der Waals surface area contributed by atoms with Gasteiger partial charge in [-0.2, -0.15) is 0 Å². The Morgan fingerprint density at radius 1 is 1.00 bits per heavy atom. The fourth-order valence-corrected chi connectivity index (χ4v) is 6.57. The number of amides is 2. The van der Waals surface area contributed by atoms with E-state index in [1.807, 2.05) is 23.6 Å². The van der Waals surface area contributed by atoms with Crippen LogP contribution in [0.3, 0.4) is 0 Å². The summed E-state index contributed by atoms with van der Waals surface area (Å²) in [5.74, 6) is 0.899. The normalized spacial score (nSPS) is 24.1. The molecule has 0 bridgehead atoms. The average Bonchev–Trinajstić information content (AvgIpc) is 3.74. The summed E-state index contributed by atoms with van der Waals surface area (Å²) in [7, 11) is 0. The molecule has 2 amide bonds. The van der Waals surface area contributed by atoms with Crippen LogP contribution in [0.5, 0.6) is 0 Å². The summed E-state index contributed by atoms with van der Waals surface area (Å²) in [5, 5.41) is 3.35. The monoisotopic (exact) mass is 493 g/mol. The SMILES string of the molecule is CC(C)C(=O)[C@@H](C1CCCCC1)N1CCc2ccc(C3CCCN(C(=O)CNC4CC4)C3)cc2C1=O. The average molecular weight is 494 g/mol. The van der Waals surface area contributed by atoms with E-state index in [0.717, 1.165) is 74.7 Å². The molecule has 1 aromatic carbocycles. The second-order valence-corrected chi connectivity index (χ2v) is 11.9. The Morgan fingerprint density at radius 3 is 2.50 bits per heavy atom. The lowest BCUT2D eigenvalue weighted by atomic mass is 9.78. The van der Waals surface area contributed by atoms with Crippen LogP contribution < -0.4 is 5.32 Å². The highest BCUT2D eigenvalue weighted by Crippen LogP contribution is 2.35.